The standard InChI is InChI=1S/C13H26N2O2/c1(3-13-4-9-16-10-5-13)2-6-14-15-7-11-17-12-8-15/h13-14H,1-12H2. The van der Waals surface area contributed by atoms with Crippen LogP contribution in [0.25, 0.3) is 0 Å². The van der Waals surface area contributed by atoms with E-state index in [0.29, 0.717) is 0 Å². The molecule has 0 radical (unpaired) electrons. The lowest BCUT2D eigenvalue weighted by Crippen LogP contribution is -2.46. The Labute approximate surface area is 105 Å². The van der Waals surface area contributed by atoms with Crippen molar-refractivity contribution in [3.8, 4) is 0 Å². The SMILES string of the molecule is C(CCC1CCOCC1)CNN1CCOCC1. The zero-order valence-electron chi connectivity index (χ0n) is 10.8. The van der Waals surface area contributed by atoms with E-state index in [1.165, 1.54) is 32.1 Å². The van der Waals surface area contributed by atoms with Crippen LogP contribution in [0.15, 0.2) is 0 Å². The quantitative estimate of drug-likeness (QED) is 0.714. The lowest BCUT2D eigenvalue weighted by atomic mass is 9.94. The Hall–Kier alpha value is -0.160. The van der Waals surface area contributed by atoms with Crippen molar-refractivity contribution in [2.75, 3.05) is 46.1 Å². The fourth-order valence-corrected chi connectivity index (χ4v) is 2.55. The van der Waals surface area contributed by atoms with Crippen molar-refractivity contribution in [3.63, 3.8) is 0 Å². The van der Waals surface area contributed by atoms with E-state index >= 15 is 0 Å². The Balaban J connectivity index is 1.42. The Kier molecular flexibility index (Phi) is 6.27. The first kappa shape index (κ1) is 13.3. The second-order valence-electron chi connectivity index (χ2n) is 5.06. The lowest BCUT2D eigenvalue weighted by molar-refractivity contribution is 0.0117. The number of nitrogens with one attached hydrogen (secondary N) is 1. The van der Waals surface area contributed by atoms with E-state index in [4.69, 9.17) is 9.47 Å². The van der Waals surface area contributed by atoms with Crippen LogP contribution in [0.4, 0.5) is 0 Å². The second-order valence-corrected chi connectivity index (χ2v) is 5.06. The molecule has 0 saturated carbocycles. The Morgan fingerprint density at radius 2 is 1.65 bits per heavy atom. The fraction of sp³-hybridized carbons (Fsp3) is 1.00. The predicted octanol–water partition coefficient (Wildman–Crippen LogP) is 1.42. The molecule has 2 heterocycles. The third kappa shape index (κ3) is 5.34. The van der Waals surface area contributed by atoms with Crippen molar-refractivity contribution in [1.82, 2.24) is 10.4 Å². The monoisotopic (exact) mass is 242 g/mol. The summed E-state index contributed by atoms with van der Waals surface area (Å²) >= 11 is 0. The molecule has 4 nitrogen and oxygen atoms in total. The minimum atomic E-state index is 0.870. The van der Waals surface area contributed by atoms with Gasteiger partial charge in [-0.3, -0.25) is 5.43 Å². The van der Waals surface area contributed by atoms with Crippen molar-refractivity contribution >= 4 is 0 Å². The molecule has 2 fully saturated rings. The smallest absolute Gasteiger partial charge is 0.0608 e. The van der Waals surface area contributed by atoms with Crippen molar-refractivity contribution in [1.29, 1.82) is 0 Å². The molecule has 1 N–H and O–H groups in total. The molecule has 2 saturated heterocycles. The van der Waals surface area contributed by atoms with E-state index in [2.05, 4.69) is 10.4 Å². The van der Waals surface area contributed by atoms with Gasteiger partial charge in [0.1, 0.15) is 0 Å². The molecule has 0 unspecified atom stereocenters. The van der Waals surface area contributed by atoms with Gasteiger partial charge in [-0.2, -0.15) is 0 Å². The molecule has 2 aliphatic rings. The molecule has 0 bridgehead atoms. The molecule has 0 aromatic carbocycles. The summed E-state index contributed by atoms with van der Waals surface area (Å²) < 4.78 is 10.7. The molecule has 2 aliphatic heterocycles. The molecule has 17 heavy (non-hydrogen) atoms. The van der Waals surface area contributed by atoms with E-state index in [1.54, 1.807) is 0 Å². The first-order valence-electron chi connectivity index (χ1n) is 7.09. The highest BCUT2D eigenvalue weighted by molar-refractivity contribution is 4.64. The second kappa shape index (κ2) is 8.03. The number of ether oxygens (including phenoxy) is 2. The van der Waals surface area contributed by atoms with Crippen LogP contribution in [-0.4, -0.2) is 51.1 Å². The highest BCUT2D eigenvalue weighted by atomic mass is 16.5. The van der Waals surface area contributed by atoms with Crippen molar-refractivity contribution in [2.45, 2.75) is 32.1 Å². The summed E-state index contributed by atoms with van der Waals surface area (Å²) in [4.78, 5) is 0. The van der Waals surface area contributed by atoms with E-state index in [9.17, 15) is 0 Å². The van der Waals surface area contributed by atoms with Gasteiger partial charge in [0.25, 0.3) is 0 Å². The zero-order valence-corrected chi connectivity index (χ0v) is 10.8. The van der Waals surface area contributed by atoms with E-state index < -0.39 is 0 Å². The van der Waals surface area contributed by atoms with Crippen LogP contribution in [0.5, 0.6) is 0 Å². The molecule has 0 aromatic heterocycles. The van der Waals surface area contributed by atoms with E-state index in [1.807, 2.05) is 0 Å². The number of hydrazine groups is 1. The highest BCUT2D eigenvalue weighted by Crippen LogP contribution is 2.20. The summed E-state index contributed by atoms with van der Waals surface area (Å²) in [6, 6.07) is 0. The van der Waals surface area contributed by atoms with Gasteiger partial charge in [0, 0.05) is 32.8 Å². The van der Waals surface area contributed by atoms with Gasteiger partial charge in [0.2, 0.25) is 0 Å². The summed E-state index contributed by atoms with van der Waals surface area (Å²) in [5, 5.41) is 2.29. The summed E-state index contributed by atoms with van der Waals surface area (Å²) in [7, 11) is 0. The topological polar surface area (TPSA) is 33.7 Å². The van der Waals surface area contributed by atoms with Gasteiger partial charge in [-0.25, -0.2) is 5.01 Å². The van der Waals surface area contributed by atoms with Crippen LogP contribution in [0.2, 0.25) is 0 Å². The average Bonchev–Trinajstić information content (AvgIpc) is 2.41. The number of hydrogen-bond acceptors (Lipinski definition) is 4. The van der Waals surface area contributed by atoms with E-state index in [0.717, 1.165) is 52.0 Å². The maximum atomic E-state index is 5.38. The molecule has 0 aliphatic carbocycles. The number of nitrogens with zero attached hydrogens (tertiary/aromatic N) is 1. The van der Waals surface area contributed by atoms with Gasteiger partial charge in [-0.05, 0) is 25.2 Å². The van der Waals surface area contributed by atoms with Crippen molar-refractivity contribution in [3.05, 3.63) is 0 Å². The largest absolute Gasteiger partial charge is 0.381 e. The molecule has 0 aromatic rings. The van der Waals surface area contributed by atoms with Gasteiger partial charge < -0.3 is 9.47 Å². The maximum absolute atomic E-state index is 5.38. The number of rotatable bonds is 6. The average molecular weight is 242 g/mol. The van der Waals surface area contributed by atoms with Crippen LogP contribution in [0.3, 0.4) is 0 Å². The lowest BCUT2D eigenvalue weighted by Gasteiger charge is -2.27. The van der Waals surface area contributed by atoms with Gasteiger partial charge in [-0.1, -0.05) is 12.8 Å². The molecule has 0 spiro atoms. The maximum Gasteiger partial charge on any atom is 0.0608 e. The minimum absolute atomic E-state index is 0.870. The van der Waals surface area contributed by atoms with Crippen LogP contribution < -0.4 is 5.43 Å². The van der Waals surface area contributed by atoms with E-state index in [-0.39, 0.29) is 0 Å². The van der Waals surface area contributed by atoms with Gasteiger partial charge in [-0.15, -0.1) is 0 Å². The predicted molar refractivity (Wildman–Crippen MR) is 67.8 cm³/mol. The molecular weight excluding hydrogens is 216 g/mol. The van der Waals surface area contributed by atoms with Crippen LogP contribution in [0.1, 0.15) is 32.1 Å². The first-order valence-corrected chi connectivity index (χ1v) is 7.09. The van der Waals surface area contributed by atoms with Gasteiger partial charge in [0.15, 0.2) is 0 Å². The number of hydrogen-bond donors (Lipinski definition) is 1. The molecule has 2 rings (SSSR count). The minimum Gasteiger partial charge on any atom is -0.381 e. The normalized spacial score (nSPS) is 24.0. The highest BCUT2D eigenvalue weighted by Gasteiger charge is 2.13. The van der Waals surface area contributed by atoms with Gasteiger partial charge in [0.05, 0.1) is 13.2 Å². The molecule has 4 heteroatoms. The van der Waals surface area contributed by atoms with Crippen LogP contribution >= 0.6 is 0 Å². The van der Waals surface area contributed by atoms with Gasteiger partial charge >= 0.3 is 0 Å². The van der Waals surface area contributed by atoms with Crippen LogP contribution in [-0.2, 0) is 9.47 Å². The first-order chi connectivity index (χ1) is 8.45. The zero-order chi connectivity index (χ0) is 11.8. The van der Waals surface area contributed by atoms with Crippen molar-refractivity contribution in [2.24, 2.45) is 5.92 Å². The molecule has 100 valence electrons. The van der Waals surface area contributed by atoms with Crippen molar-refractivity contribution < 1.29 is 9.47 Å². The summed E-state index contributed by atoms with van der Waals surface area (Å²) in [6.45, 7) is 6.88. The summed E-state index contributed by atoms with van der Waals surface area (Å²) in [5.41, 5.74) is 3.49. The number of unbranched alkanes of at least 4 members (excludes halogenated alkanes) is 1. The third-order valence-corrected chi connectivity index (χ3v) is 3.73. The summed E-state index contributed by atoms with van der Waals surface area (Å²) in [5.74, 6) is 0.923. The number of morpholine rings is 1. The molecule has 0 amide bonds. The Morgan fingerprint density at radius 1 is 0.941 bits per heavy atom. The Morgan fingerprint density at radius 3 is 2.41 bits per heavy atom. The Bertz CT molecular complexity index is 170. The molecular formula is C13H26N2O2. The summed E-state index contributed by atoms with van der Waals surface area (Å²) in [6.07, 6.45) is 6.57. The van der Waals surface area contributed by atoms with Crippen LogP contribution in [0, 0.1) is 5.92 Å². The molecule has 0 atom stereocenters. The fourth-order valence-electron chi connectivity index (χ4n) is 2.55. The third-order valence-electron chi connectivity index (χ3n) is 3.73.